The highest BCUT2D eigenvalue weighted by Crippen LogP contribution is 2.35. The number of ether oxygens (including phenoxy) is 2. The van der Waals surface area contributed by atoms with E-state index in [1.54, 1.807) is 7.11 Å². The molecule has 4 atom stereocenters. The molecule has 3 heteroatoms. The Hall–Kier alpha value is -0.120. The summed E-state index contributed by atoms with van der Waals surface area (Å²) in [6.45, 7) is 6.06. The molecule has 0 radical (unpaired) electrons. The monoisotopic (exact) mass is 174 g/mol. The molecule has 1 rings (SSSR count). The van der Waals surface area contributed by atoms with Crippen LogP contribution in [0.25, 0.3) is 0 Å². The molecule has 0 aliphatic carbocycles. The molecule has 3 nitrogen and oxygen atoms in total. The second-order valence-electron chi connectivity index (χ2n) is 3.81. The summed E-state index contributed by atoms with van der Waals surface area (Å²) in [4.78, 5) is 0. The lowest BCUT2D eigenvalue weighted by molar-refractivity contribution is -0.241. The van der Waals surface area contributed by atoms with Gasteiger partial charge in [-0.05, 0) is 13.8 Å². The maximum Gasteiger partial charge on any atom is 0.157 e. The van der Waals surface area contributed by atoms with E-state index in [0.29, 0.717) is 12.3 Å². The molecule has 1 aliphatic heterocycles. The molecule has 0 saturated carbocycles. The van der Waals surface area contributed by atoms with Crippen molar-refractivity contribution in [2.75, 3.05) is 7.11 Å². The summed E-state index contributed by atoms with van der Waals surface area (Å²) < 4.78 is 10.7. The Bertz CT molecular complexity index is 160. The molecule has 0 aromatic carbocycles. The number of aliphatic hydroxyl groups excluding tert-OH is 1. The predicted molar refractivity (Wildman–Crippen MR) is 45.7 cm³/mol. The molecule has 0 bridgehead atoms. The third-order valence-corrected chi connectivity index (χ3v) is 3.09. The number of rotatable bonds is 1. The lowest BCUT2D eigenvalue weighted by Crippen LogP contribution is -2.50. The van der Waals surface area contributed by atoms with Crippen LogP contribution >= 0.6 is 0 Å². The highest BCUT2D eigenvalue weighted by Gasteiger charge is 2.42. The van der Waals surface area contributed by atoms with Crippen molar-refractivity contribution in [3.8, 4) is 0 Å². The van der Waals surface area contributed by atoms with Crippen LogP contribution in [0.2, 0.25) is 0 Å². The molecular formula is C9H18O3. The van der Waals surface area contributed by atoms with Gasteiger partial charge in [0.05, 0.1) is 11.7 Å². The van der Waals surface area contributed by atoms with Crippen LogP contribution < -0.4 is 0 Å². The third-order valence-electron chi connectivity index (χ3n) is 3.09. The lowest BCUT2D eigenvalue weighted by Gasteiger charge is -2.44. The summed E-state index contributed by atoms with van der Waals surface area (Å²) in [5, 5.41) is 9.36. The Morgan fingerprint density at radius 3 is 2.58 bits per heavy atom. The van der Waals surface area contributed by atoms with Crippen LogP contribution in [-0.2, 0) is 9.47 Å². The van der Waals surface area contributed by atoms with E-state index >= 15 is 0 Å². The summed E-state index contributed by atoms with van der Waals surface area (Å²) in [6.07, 6.45) is -0.0745. The van der Waals surface area contributed by atoms with E-state index in [4.69, 9.17) is 9.47 Å². The normalized spacial score (nSPS) is 49.2. The van der Waals surface area contributed by atoms with Gasteiger partial charge >= 0.3 is 0 Å². The smallest absolute Gasteiger partial charge is 0.157 e. The van der Waals surface area contributed by atoms with Crippen molar-refractivity contribution in [2.24, 2.45) is 5.92 Å². The van der Waals surface area contributed by atoms with Crippen molar-refractivity contribution in [1.29, 1.82) is 0 Å². The van der Waals surface area contributed by atoms with E-state index in [9.17, 15) is 5.11 Å². The Morgan fingerprint density at radius 1 is 1.50 bits per heavy atom. The van der Waals surface area contributed by atoms with E-state index < -0.39 is 6.29 Å². The van der Waals surface area contributed by atoms with Crippen molar-refractivity contribution >= 4 is 0 Å². The van der Waals surface area contributed by atoms with E-state index in [-0.39, 0.29) is 11.7 Å². The average Bonchev–Trinajstić information content (AvgIpc) is 2.00. The maximum atomic E-state index is 9.36. The van der Waals surface area contributed by atoms with E-state index in [2.05, 4.69) is 6.92 Å². The summed E-state index contributed by atoms with van der Waals surface area (Å²) >= 11 is 0. The van der Waals surface area contributed by atoms with Crippen LogP contribution in [0.4, 0.5) is 0 Å². The molecule has 1 N–H and O–H groups in total. The van der Waals surface area contributed by atoms with Gasteiger partial charge < -0.3 is 14.6 Å². The molecule has 72 valence electrons. The van der Waals surface area contributed by atoms with Gasteiger partial charge in [0.2, 0.25) is 0 Å². The minimum atomic E-state index is -0.679. The van der Waals surface area contributed by atoms with Crippen molar-refractivity contribution < 1.29 is 14.6 Å². The molecule has 0 spiro atoms. The molecule has 0 amide bonds. The number of methoxy groups -OCH3 is 1. The fourth-order valence-corrected chi connectivity index (χ4v) is 1.71. The third kappa shape index (κ3) is 1.63. The van der Waals surface area contributed by atoms with Gasteiger partial charge in [-0.2, -0.15) is 0 Å². The highest BCUT2D eigenvalue weighted by molar-refractivity contribution is 4.89. The van der Waals surface area contributed by atoms with Gasteiger partial charge in [-0.1, -0.05) is 6.92 Å². The van der Waals surface area contributed by atoms with Gasteiger partial charge in [0, 0.05) is 19.4 Å². The summed E-state index contributed by atoms with van der Waals surface area (Å²) in [5.74, 6) is 0.311. The standard InChI is InChI=1S/C9H18O3/c1-6-7(2)12-8(10)5-9(6,3)11-4/h6-8,10H,5H2,1-4H3. The van der Waals surface area contributed by atoms with Crippen LogP contribution in [0.3, 0.4) is 0 Å². The zero-order valence-corrected chi connectivity index (χ0v) is 8.20. The van der Waals surface area contributed by atoms with Crippen molar-refractivity contribution in [2.45, 2.75) is 45.2 Å². The molecule has 0 aromatic rings. The second kappa shape index (κ2) is 3.32. The van der Waals surface area contributed by atoms with Gasteiger partial charge in [0.15, 0.2) is 6.29 Å². The summed E-state index contributed by atoms with van der Waals surface area (Å²) in [6, 6.07) is 0. The Morgan fingerprint density at radius 2 is 2.08 bits per heavy atom. The molecule has 1 heterocycles. The number of hydrogen-bond acceptors (Lipinski definition) is 3. The zero-order valence-electron chi connectivity index (χ0n) is 8.20. The minimum absolute atomic E-state index is 0.0544. The van der Waals surface area contributed by atoms with E-state index in [1.165, 1.54) is 0 Å². The summed E-state index contributed by atoms with van der Waals surface area (Å²) in [7, 11) is 1.68. The first kappa shape index (κ1) is 9.96. The number of aliphatic hydroxyl groups is 1. The maximum absolute atomic E-state index is 9.36. The lowest BCUT2D eigenvalue weighted by atomic mass is 9.81. The summed E-state index contributed by atoms with van der Waals surface area (Å²) in [5.41, 5.74) is -0.253. The van der Waals surface area contributed by atoms with Gasteiger partial charge in [0.25, 0.3) is 0 Å². The molecule has 0 aromatic heterocycles. The SMILES string of the molecule is COC1(C)CC(O)OC(C)C1C. The van der Waals surface area contributed by atoms with Crippen molar-refractivity contribution in [3.63, 3.8) is 0 Å². The van der Waals surface area contributed by atoms with Crippen LogP contribution in [0.1, 0.15) is 27.2 Å². The molecule has 1 aliphatic rings. The largest absolute Gasteiger partial charge is 0.378 e. The highest BCUT2D eigenvalue weighted by atomic mass is 16.6. The van der Waals surface area contributed by atoms with Gasteiger partial charge in [-0.25, -0.2) is 0 Å². The minimum Gasteiger partial charge on any atom is -0.378 e. The number of hydrogen-bond donors (Lipinski definition) is 1. The average molecular weight is 174 g/mol. The van der Waals surface area contributed by atoms with Crippen molar-refractivity contribution in [1.82, 2.24) is 0 Å². The molecular weight excluding hydrogens is 156 g/mol. The Kier molecular flexibility index (Phi) is 2.76. The Labute approximate surface area is 73.7 Å². The van der Waals surface area contributed by atoms with Crippen LogP contribution in [0.15, 0.2) is 0 Å². The van der Waals surface area contributed by atoms with Gasteiger partial charge in [-0.15, -0.1) is 0 Å². The first-order chi connectivity index (χ1) is 5.49. The van der Waals surface area contributed by atoms with Crippen LogP contribution in [0.5, 0.6) is 0 Å². The quantitative estimate of drug-likeness (QED) is 0.648. The first-order valence-electron chi connectivity index (χ1n) is 4.38. The molecule has 12 heavy (non-hydrogen) atoms. The zero-order chi connectivity index (χ0) is 9.35. The fourth-order valence-electron chi connectivity index (χ4n) is 1.71. The molecule has 1 saturated heterocycles. The molecule has 4 unspecified atom stereocenters. The molecule has 1 fully saturated rings. The van der Waals surface area contributed by atoms with Gasteiger partial charge in [0.1, 0.15) is 0 Å². The second-order valence-corrected chi connectivity index (χ2v) is 3.81. The van der Waals surface area contributed by atoms with E-state index in [1.807, 2.05) is 13.8 Å². The first-order valence-corrected chi connectivity index (χ1v) is 4.38. The van der Waals surface area contributed by atoms with Crippen LogP contribution in [-0.4, -0.2) is 30.2 Å². The predicted octanol–water partition coefficient (Wildman–Crippen LogP) is 1.15. The topological polar surface area (TPSA) is 38.7 Å². The van der Waals surface area contributed by atoms with Crippen LogP contribution in [0, 0.1) is 5.92 Å². The van der Waals surface area contributed by atoms with Gasteiger partial charge in [-0.3, -0.25) is 0 Å². The fraction of sp³-hybridized carbons (Fsp3) is 1.00. The van der Waals surface area contributed by atoms with E-state index in [0.717, 1.165) is 0 Å². The Balaban J connectivity index is 2.72. The van der Waals surface area contributed by atoms with Crippen molar-refractivity contribution in [3.05, 3.63) is 0 Å².